The molecule has 0 spiro atoms. The molecule has 1 fully saturated rings. The summed E-state index contributed by atoms with van der Waals surface area (Å²) in [6, 6.07) is 9.18. The average Bonchev–Trinajstić information content (AvgIpc) is 3.16. The Hall–Kier alpha value is -1.81. The van der Waals surface area contributed by atoms with Crippen molar-refractivity contribution in [3.05, 3.63) is 35.5 Å². The molecule has 0 unspecified atom stereocenters. The monoisotopic (exact) mass is 409 g/mol. The molecule has 0 radical (unpaired) electrons. The molecule has 2 aliphatic rings. The fourth-order valence-corrected chi connectivity index (χ4v) is 6.04. The van der Waals surface area contributed by atoms with Crippen LogP contribution in [0.15, 0.2) is 24.3 Å². The van der Waals surface area contributed by atoms with Crippen LogP contribution in [-0.4, -0.2) is 35.4 Å². The Labute approximate surface area is 181 Å². The molecule has 0 saturated carbocycles. The number of rotatable bonds is 9. The van der Waals surface area contributed by atoms with E-state index in [1.54, 1.807) is 0 Å². The molecule has 4 nitrogen and oxygen atoms in total. The normalized spacial score (nSPS) is 23.9. The highest BCUT2D eigenvalue weighted by Gasteiger charge is 2.47. The van der Waals surface area contributed by atoms with E-state index >= 15 is 0 Å². The van der Waals surface area contributed by atoms with Crippen LogP contribution in [0.25, 0.3) is 10.9 Å². The van der Waals surface area contributed by atoms with Crippen molar-refractivity contribution in [1.82, 2.24) is 15.2 Å². The number of carbonyl (C=O) groups excluding carboxylic acids is 1. The van der Waals surface area contributed by atoms with Crippen LogP contribution in [0.1, 0.15) is 88.9 Å². The van der Waals surface area contributed by atoms with Crippen molar-refractivity contribution >= 4 is 16.8 Å². The molecule has 164 valence electrons. The van der Waals surface area contributed by atoms with Gasteiger partial charge in [0.2, 0.25) is 5.91 Å². The molecule has 1 aromatic carbocycles. The molecule has 30 heavy (non-hydrogen) atoms. The van der Waals surface area contributed by atoms with E-state index in [0.717, 1.165) is 38.8 Å². The summed E-state index contributed by atoms with van der Waals surface area (Å²) in [5.41, 5.74) is 4.41. The summed E-state index contributed by atoms with van der Waals surface area (Å²) in [5, 5.41) is 4.57. The van der Waals surface area contributed by atoms with Crippen molar-refractivity contribution in [3.63, 3.8) is 0 Å². The molecule has 1 aromatic heterocycles. The van der Waals surface area contributed by atoms with E-state index in [-0.39, 0.29) is 11.3 Å². The molecule has 0 bridgehead atoms. The van der Waals surface area contributed by atoms with Gasteiger partial charge in [-0.2, -0.15) is 0 Å². The lowest BCUT2D eigenvalue weighted by Crippen LogP contribution is -2.49. The molecule has 2 N–H and O–H groups in total. The number of hydrogen-bond donors (Lipinski definition) is 2. The van der Waals surface area contributed by atoms with Crippen molar-refractivity contribution < 1.29 is 4.79 Å². The van der Waals surface area contributed by atoms with Gasteiger partial charge in [0.25, 0.3) is 0 Å². The number of nitrogens with zero attached hydrogens (tertiary/aromatic N) is 1. The highest BCUT2D eigenvalue weighted by Crippen LogP contribution is 2.53. The molecular weight excluding hydrogens is 370 g/mol. The van der Waals surface area contributed by atoms with Crippen molar-refractivity contribution in [2.24, 2.45) is 5.41 Å². The molecular formula is C26H39N3O. The zero-order valence-corrected chi connectivity index (χ0v) is 18.9. The summed E-state index contributed by atoms with van der Waals surface area (Å²) in [7, 11) is 0. The van der Waals surface area contributed by atoms with Crippen molar-refractivity contribution in [3.8, 4) is 0 Å². The first-order chi connectivity index (χ1) is 14.7. The summed E-state index contributed by atoms with van der Waals surface area (Å²) in [6.45, 7) is 7.72. The van der Waals surface area contributed by atoms with Gasteiger partial charge in [0.05, 0.1) is 6.04 Å². The van der Waals surface area contributed by atoms with E-state index in [4.69, 9.17) is 0 Å². The molecule has 1 amide bonds. The number of amides is 1. The summed E-state index contributed by atoms with van der Waals surface area (Å²) in [5.74, 6) is 0.240. The van der Waals surface area contributed by atoms with Gasteiger partial charge in [0.15, 0.2) is 0 Å². The second-order valence-corrected chi connectivity index (χ2v) is 9.48. The Morgan fingerprint density at radius 2 is 2.07 bits per heavy atom. The minimum atomic E-state index is 0.188. The molecule has 2 aliphatic heterocycles. The first-order valence-electron chi connectivity index (χ1n) is 12.3. The maximum atomic E-state index is 12.6. The molecule has 1 saturated heterocycles. The smallest absolute Gasteiger partial charge is 0.220 e. The summed E-state index contributed by atoms with van der Waals surface area (Å²) >= 11 is 0. The van der Waals surface area contributed by atoms with Gasteiger partial charge in [-0.3, -0.25) is 9.69 Å². The molecule has 3 heterocycles. The SMILES string of the molecule is CCCCCCNC(=O)CC[C@@]1(CC)CCCN2CCc3c([nH]c4ccccc34)[C@@H]21. The Balaban J connectivity index is 1.50. The first-order valence-corrected chi connectivity index (χ1v) is 12.3. The van der Waals surface area contributed by atoms with E-state index in [9.17, 15) is 4.79 Å². The van der Waals surface area contributed by atoms with E-state index in [2.05, 4.69) is 53.3 Å². The van der Waals surface area contributed by atoms with Crippen molar-refractivity contribution in [2.75, 3.05) is 19.6 Å². The van der Waals surface area contributed by atoms with Crippen LogP contribution in [-0.2, 0) is 11.2 Å². The molecule has 2 aromatic rings. The lowest BCUT2D eigenvalue weighted by atomic mass is 9.65. The van der Waals surface area contributed by atoms with Gasteiger partial charge in [0, 0.05) is 36.1 Å². The number of para-hydroxylation sites is 1. The van der Waals surface area contributed by atoms with Gasteiger partial charge in [0.1, 0.15) is 0 Å². The zero-order valence-electron chi connectivity index (χ0n) is 18.9. The topological polar surface area (TPSA) is 48.1 Å². The van der Waals surface area contributed by atoms with E-state index in [1.165, 1.54) is 60.8 Å². The van der Waals surface area contributed by atoms with Gasteiger partial charge < -0.3 is 10.3 Å². The predicted octanol–water partition coefficient (Wildman–Crippen LogP) is 5.73. The predicted molar refractivity (Wildman–Crippen MR) is 125 cm³/mol. The van der Waals surface area contributed by atoms with E-state index < -0.39 is 0 Å². The highest BCUT2D eigenvalue weighted by molar-refractivity contribution is 5.85. The number of nitrogens with one attached hydrogen (secondary N) is 2. The van der Waals surface area contributed by atoms with E-state index in [1.807, 2.05) is 0 Å². The minimum absolute atomic E-state index is 0.188. The van der Waals surface area contributed by atoms with Crippen LogP contribution in [0, 0.1) is 5.41 Å². The molecule has 4 rings (SSSR count). The number of hydrogen-bond acceptors (Lipinski definition) is 2. The van der Waals surface area contributed by atoms with Crippen LogP contribution >= 0.6 is 0 Å². The van der Waals surface area contributed by atoms with Gasteiger partial charge in [-0.25, -0.2) is 0 Å². The van der Waals surface area contributed by atoms with Gasteiger partial charge in [-0.05, 0) is 62.1 Å². The third kappa shape index (κ3) is 4.16. The van der Waals surface area contributed by atoms with Crippen molar-refractivity contribution in [2.45, 2.75) is 84.1 Å². The maximum absolute atomic E-state index is 12.6. The van der Waals surface area contributed by atoms with Crippen LogP contribution in [0.5, 0.6) is 0 Å². The third-order valence-corrected chi connectivity index (χ3v) is 7.74. The summed E-state index contributed by atoms with van der Waals surface area (Å²) in [6.07, 6.45) is 11.2. The first kappa shape index (κ1) is 21.4. The number of H-pyrrole nitrogens is 1. The Kier molecular flexibility index (Phi) is 6.82. The number of aromatic amines is 1. The number of carbonyl (C=O) groups is 1. The second kappa shape index (κ2) is 9.55. The quantitative estimate of drug-likeness (QED) is 0.519. The van der Waals surface area contributed by atoms with Crippen molar-refractivity contribution in [1.29, 1.82) is 0 Å². The van der Waals surface area contributed by atoms with Crippen LogP contribution in [0.4, 0.5) is 0 Å². The zero-order chi connectivity index (χ0) is 21.0. The average molecular weight is 410 g/mol. The third-order valence-electron chi connectivity index (χ3n) is 7.74. The Morgan fingerprint density at radius 3 is 2.90 bits per heavy atom. The number of piperidine rings is 1. The number of aromatic nitrogens is 1. The molecule has 0 aliphatic carbocycles. The molecule has 4 heteroatoms. The summed E-state index contributed by atoms with van der Waals surface area (Å²) in [4.78, 5) is 19.1. The fraction of sp³-hybridized carbons (Fsp3) is 0.654. The van der Waals surface area contributed by atoms with Crippen LogP contribution < -0.4 is 5.32 Å². The number of benzene rings is 1. The maximum Gasteiger partial charge on any atom is 0.220 e. The van der Waals surface area contributed by atoms with Gasteiger partial charge >= 0.3 is 0 Å². The van der Waals surface area contributed by atoms with Crippen LogP contribution in [0.2, 0.25) is 0 Å². The largest absolute Gasteiger partial charge is 0.357 e. The fourth-order valence-electron chi connectivity index (χ4n) is 6.04. The number of fused-ring (bicyclic) bond motifs is 5. The molecule has 2 atom stereocenters. The second-order valence-electron chi connectivity index (χ2n) is 9.48. The highest BCUT2D eigenvalue weighted by atomic mass is 16.1. The van der Waals surface area contributed by atoms with Gasteiger partial charge in [-0.1, -0.05) is 51.3 Å². The van der Waals surface area contributed by atoms with Crippen LogP contribution in [0.3, 0.4) is 0 Å². The Morgan fingerprint density at radius 1 is 1.20 bits per heavy atom. The lowest BCUT2D eigenvalue weighted by Gasteiger charge is -2.52. The number of unbranched alkanes of at least 4 members (excludes halogenated alkanes) is 3. The lowest BCUT2D eigenvalue weighted by molar-refractivity contribution is -0.122. The Bertz CT molecular complexity index is 857. The minimum Gasteiger partial charge on any atom is -0.357 e. The summed E-state index contributed by atoms with van der Waals surface area (Å²) < 4.78 is 0. The van der Waals surface area contributed by atoms with E-state index in [0.29, 0.717) is 12.5 Å². The standard InChI is InChI=1S/C26H39N3O/c1-3-5-6-9-17-27-23(30)13-16-26(4-2)15-10-18-29-19-14-21-20-11-7-8-12-22(20)28-24(21)25(26)29/h7-8,11-12,25,28H,3-6,9-10,13-19H2,1-2H3,(H,27,30)/t25-,26-/m1/s1. The van der Waals surface area contributed by atoms with Gasteiger partial charge in [-0.15, -0.1) is 0 Å².